The lowest BCUT2D eigenvalue weighted by Gasteiger charge is -2.37. The summed E-state index contributed by atoms with van der Waals surface area (Å²) in [4.78, 5) is 4.12. The fraction of sp³-hybridized carbons (Fsp3) is 0.692. The van der Waals surface area contributed by atoms with Crippen molar-refractivity contribution in [2.45, 2.75) is 45.3 Å². The molecular formula is C13H22N2S. The predicted molar refractivity (Wildman–Crippen MR) is 70.9 cm³/mol. The number of hydrogen-bond acceptors (Lipinski definition) is 3. The van der Waals surface area contributed by atoms with E-state index in [4.69, 9.17) is 0 Å². The summed E-state index contributed by atoms with van der Waals surface area (Å²) in [7, 11) is 0. The number of rotatable bonds is 4. The summed E-state index contributed by atoms with van der Waals surface area (Å²) in [6.07, 6.45) is 2.66. The molecule has 90 valence electrons. The van der Waals surface area contributed by atoms with Crippen molar-refractivity contribution in [2.75, 3.05) is 13.1 Å². The minimum Gasteiger partial charge on any atom is -0.315 e. The zero-order valence-corrected chi connectivity index (χ0v) is 11.1. The molecule has 1 aromatic rings. The minimum absolute atomic E-state index is 0.631. The van der Waals surface area contributed by atoms with Gasteiger partial charge in [0.25, 0.3) is 0 Å². The van der Waals surface area contributed by atoms with Crippen LogP contribution in [-0.2, 0) is 6.54 Å². The topological polar surface area (TPSA) is 15.3 Å². The Bertz CT molecular complexity index is 289. The molecule has 0 radical (unpaired) electrons. The number of nitrogens with zero attached hydrogens (tertiary/aromatic N) is 1. The zero-order valence-electron chi connectivity index (χ0n) is 10.3. The van der Waals surface area contributed by atoms with Crippen LogP contribution in [-0.4, -0.2) is 30.1 Å². The molecule has 0 spiro atoms. The van der Waals surface area contributed by atoms with Crippen molar-refractivity contribution in [2.24, 2.45) is 0 Å². The van der Waals surface area contributed by atoms with Gasteiger partial charge in [-0.3, -0.25) is 4.90 Å². The third kappa shape index (κ3) is 3.06. The molecule has 1 aliphatic rings. The van der Waals surface area contributed by atoms with Crippen molar-refractivity contribution in [3.8, 4) is 0 Å². The average Bonchev–Trinajstić information content (AvgIpc) is 2.79. The van der Waals surface area contributed by atoms with E-state index >= 15 is 0 Å². The second kappa shape index (κ2) is 5.80. The van der Waals surface area contributed by atoms with Crippen LogP contribution in [0.4, 0.5) is 0 Å². The van der Waals surface area contributed by atoms with Gasteiger partial charge in [-0.1, -0.05) is 6.07 Å². The van der Waals surface area contributed by atoms with Crippen LogP contribution < -0.4 is 5.32 Å². The Morgan fingerprint density at radius 2 is 2.44 bits per heavy atom. The van der Waals surface area contributed by atoms with Crippen molar-refractivity contribution in [3.05, 3.63) is 22.4 Å². The first kappa shape index (κ1) is 12.1. The summed E-state index contributed by atoms with van der Waals surface area (Å²) in [5.41, 5.74) is 0. The molecule has 3 heteroatoms. The fourth-order valence-corrected chi connectivity index (χ4v) is 3.14. The van der Waals surface area contributed by atoms with E-state index in [0.717, 1.165) is 19.1 Å². The van der Waals surface area contributed by atoms with E-state index in [1.807, 2.05) is 11.3 Å². The molecule has 0 amide bonds. The molecule has 0 aromatic carbocycles. The highest BCUT2D eigenvalue weighted by Crippen LogP contribution is 2.19. The van der Waals surface area contributed by atoms with E-state index in [1.165, 1.54) is 24.3 Å². The van der Waals surface area contributed by atoms with Gasteiger partial charge in [0, 0.05) is 30.1 Å². The molecule has 2 rings (SSSR count). The number of nitrogens with one attached hydrogen (secondary N) is 1. The van der Waals surface area contributed by atoms with E-state index in [-0.39, 0.29) is 0 Å². The summed E-state index contributed by atoms with van der Waals surface area (Å²) in [6, 6.07) is 5.75. The molecule has 1 unspecified atom stereocenters. The van der Waals surface area contributed by atoms with Gasteiger partial charge in [-0.15, -0.1) is 11.3 Å². The molecule has 2 nitrogen and oxygen atoms in total. The van der Waals surface area contributed by atoms with Crippen LogP contribution in [0.1, 0.15) is 31.6 Å². The lowest BCUT2D eigenvalue weighted by atomic mass is 10.0. The molecular weight excluding hydrogens is 216 g/mol. The third-order valence-electron chi connectivity index (χ3n) is 3.32. The molecule has 2 heterocycles. The van der Waals surface area contributed by atoms with Gasteiger partial charge in [0.1, 0.15) is 0 Å². The van der Waals surface area contributed by atoms with Crippen molar-refractivity contribution in [1.29, 1.82) is 0 Å². The number of piperidine rings is 1. The summed E-state index contributed by atoms with van der Waals surface area (Å²) in [5, 5.41) is 5.69. The van der Waals surface area contributed by atoms with Crippen LogP contribution in [0.2, 0.25) is 0 Å². The molecule has 0 aliphatic carbocycles. The first-order chi connectivity index (χ1) is 7.77. The van der Waals surface area contributed by atoms with Crippen molar-refractivity contribution >= 4 is 11.3 Å². The van der Waals surface area contributed by atoms with E-state index < -0.39 is 0 Å². The quantitative estimate of drug-likeness (QED) is 0.867. The van der Waals surface area contributed by atoms with Gasteiger partial charge in [-0.05, 0) is 44.7 Å². The molecule has 0 saturated carbocycles. The van der Waals surface area contributed by atoms with E-state index in [1.54, 1.807) is 0 Å². The van der Waals surface area contributed by atoms with Crippen molar-refractivity contribution in [1.82, 2.24) is 10.2 Å². The summed E-state index contributed by atoms with van der Waals surface area (Å²) >= 11 is 1.87. The highest BCUT2D eigenvalue weighted by molar-refractivity contribution is 7.09. The molecule has 1 saturated heterocycles. The molecule has 1 atom stereocenters. The molecule has 1 aliphatic heterocycles. The monoisotopic (exact) mass is 238 g/mol. The maximum Gasteiger partial charge on any atom is 0.0334 e. The Kier molecular flexibility index (Phi) is 4.38. The van der Waals surface area contributed by atoms with Gasteiger partial charge >= 0.3 is 0 Å². The van der Waals surface area contributed by atoms with E-state index in [2.05, 4.69) is 41.6 Å². The van der Waals surface area contributed by atoms with Crippen LogP contribution in [0, 0.1) is 0 Å². The second-order valence-electron chi connectivity index (χ2n) is 4.85. The van der Waals surface area contributed by atoms with Gasteiger partial charge < -0.3 is 5.32 Å². The van der Waals surface area contributed by atoms with Crippen LogP contribution in [0.3, 0.4) is 0 Å². The second-order valence-corrected chi connectivity index (χ2v) is 5.88. The lowest BCUT2D eigenvalue weighted by molar-refractivity contribution is 0.122. The smallest absolute Gasteiger partial charge is 0.0334 e. The standard InChI is InChI=1S/C13H22N2S/c1-11(2)15(10-13-6-4-8-16-13)12-5-3-7-14-9-12/h4,6,8,11-12,14H,3,5,7,9-10H2,1-2H3. The number of thiophene rings is 1. The summed E-state index contributed by atoms with van der Waals surface area (Å²) < 4.78 is 0. The maximum absolute atomic E-state index is 3.51. The summed E-state index contributed by atoms with van der Waals surface area (Å²) in [5.74, 6) is 0. The van der Waals surface area contributed by atoms with Crippen molar-refractivity contribution in [3.63, 3.8) is 0 Å². The number of hydrogen-bond donors (Lipinski definition) is 1. The Balaban J connectivity index is 1.98. The average molecular weight is 238 g/mol. The van der Waals surface area contributed by atoms with Crippen LogP contribution in [0.5, 0.6) is 0 Å². The van der Waals surface area contributed by atoms with Crippen molar-refractivity contribution < 1.29 is 0 Å². The van der Waals surface area contributed by atoms with E-state index in [9.17, 15) is 0 Å². The van der Waals surface area contributed by atoms with E-state index in [0.29, 0.717) is 6.04 Å². The highest BCUT2D eigenvalue weighted by atomic mass is 32.1. The first-order valence-corrected chi connectivity index (χ1v) is 7.14. The van der Waals surface area contributed by atoms with Gasteiger partial charge in [-0.2, -0.15) is 0 Å². The van der Waals surface area contributed by atoms with Gasteiger partial charge in [0.05, 0.1) is 0 Å². The Morgan fingerprint density at radius 3 is 3.00 bits per heavy atom. The van der Waals surface area contributed by atoms with Crippen LogP contribution >= 0.6 is 11.3 Å². The molecule has 1 N–H and O–H groups in total. The Morgan fingerprint density at radius 1 is 1.56 bits per heavy atom. The predicted octanol–water partition coefficient (Wildman–Crippen LogP) is 2.71. The molecule has 1 aromatic heterocycles. The van der Waals surface area contributed by atoms with Gasteiger partial charge in [0.2, 0.25) is 0 Å². The fourth-order valence-electron chi connectivity index (χ4n) is 2.43. The van der Waals surface area contributed by atoms with Gasteiger partial charge in [0.15, 0.2) is 0 Å². The first-order valence-electron chi connectivity index (χ1n) is 6.26. The molecule has 1 fully saturated rings. The zero-order chi connectivity index (χ0) is 11.4. The SMILES string of the molecule is CC(C)N(Cc1cccs1)C1CCCNC1. The minimum atomic E-state index is 0.631. The molecule has 16 heavy (non-hydrogen) atoms. The summed E-state index contributed by atoms with van der Waals surface area (Å²) in [6.45, 7) is 8.08. The van der Waals surface area contributed by atoms with Crippen LogP contribution in [0.25, 0.3) is 0 Å². The Hall–Kier alpha value is -0.380. The van der Waals surface area contributed by atoms with Crippen LogP contribution in [0.15, 0.2) is 17.5 Å². The third-order valence-corrected chi connectivity index (χ3v) is 4.18. The Labute approximate surface area is 103 Å². The normalized spacial score (nSPS) is 21.9. The largest absolute Gasteiger partial charge is 0.315 e. The molecule has 0 bridgehead atoms. The lowest BCUT2D eigenvalue weighted by Crippen LogP contribution is -2.48. The highest BCUT2D eigenvalue weighted by Gasteiger charge is 2.23. The van der Waals surface area contributed by atoms with Gasteiger partial charge in [-0.25, -0.2) is 0 Å². The maximum atomic E-state index is 3.51.